The van der Waals surface area contributed by atoms with E-state index in [2.05, 4.69) is 29.4 Å². The van der Waals surface area contributed by atoms with Gasteiger partial charge in [0.25, 0.3) is 5.91 Å². The first-order valence-corrected chi connectivity index (χ1v) is 11.7. The van der Waals surface area contributed by atoms with Gasteiger partial charge in [-0.05, 0) is 37.5 Å². The van der Waals surface area contributed by atoms with Crippen molar-refractivity contribution in [3.63, 3.8) is 0 Å². The van der Waals surface area contributed by atoms with Crippen molar-refractivity contribution in [2.75, 3.05) is 45.9 Å². The summed E-state index contributed by atoms with van der Waals surface area (Å²) < 4.78 is 11.1. The molecular formula is C24H38N4O4. The highest BCUT2D eigenvalue weighted by Crippen LogP contribution is 2.15. The van der Waals surface area contributed by atoms with E-state index in [9.17, 15) is 9.59 Å². The molecule has 0 aliphatic carbocycles. The van der Waals surface area contributed by atoms with Crippen molar-refractivity contribution in [2.24, 2.45) is 5.92 Å². The molecule has 0 spiro atoms. The summed E-state index contributed by atoms with van der Waals surface area (Å²) in [6.45, 7) is 13.9. The van der Waals surface area contributed by atoms with E-state index in [1.165, 1.54) is 0 Å². The van der Waals surface area contributed by atoms with Crippen LogP contribution in [0.15, 0.2) is 24.3 Å². The Balaban J connectivity index is 1.45. The highest BCUT2D eigenvalue weighted by atomic mass is 16.5. The number of amides is 3. The van der Waals surface area contributed by atoms with Gasteiger partial charge in [0, 0.05) is 50.9 Å². The number of nitrogens with one attached hydrogen (secondary N) is 2. The summed E-state index contributed by atoms with van der Waals surface area (Å²) in [6.07, 6.45) is 0.0893. The Labute approximate surface area is 191 Å². The Morgan fingerprint density at radius 3 is 2.25 bits per heavy atom. The molecule has 3 rings (SSSR count). The summed E-state index contributed by atoms with van der Waals surface area (Å²) in [4.78, 5) is 29.3. The van der Waals surface area contributed by atoms with E-state index in [0.717, 1.165) is 31.9 Å². The second-order valence-electron chi connectivity index (χ2n) is 9.19. The second-order valence-corrected chi connectivity index (χ2v) is 9.19. The largest absolute Gasteiger partial charge is 0.379 e. The topological polar surface area (TPSA) is 83.1 Å². The predicted octanol–water partition coefficient (Wildman–Crippen LogP) is 2.09. The molecule has 0 aromatic heterocycles. The number of hydrogen-bond donors (Lipinski definition) is 2. The van der Waals surface area contributed by atoms with Crippen LogP contribution in [-0.4, -0.2) is 85.9 Å². The molecule has 0 radical (unpaired) electrons. The van der Waals surface area contributed by atoms with Crippen molar-refractivity contribution >= 4 is 11.9 Å². The van der Waals surface area contributed by atoms with Gasteiger partial charge in [0.15, 0.2) is 0 Å². The number of ether oxygens (including phenoxy) is 2. The van der Waals surface area contributed by atoms with Crippen LogP contribution in [-0.2, 0) is 16.0 Å². The zero-order valence-corrected chi connectivity index (χ0v) is 19.8. The smallest absolute Gasteiger partial charge is 0.315 e. The molecule has 8 heteroatoms. The zero-order chi connectivity index (χ0) is 23.1. The van der Waals surface area contributed by atoms with E-state index < -0.39 is 0 Å². The number of nitrogens with zero attached hydrogens (tertiary/aromatic N) is 2. The molecule has 2 fully saturated rings. The molecule has 3 unspecified atom stereocenters. The Hall–Kier alpha value is -2.16. The summed E-state index contributed by atoms with van der Waals surface area (Å²) in [6, 6.07) is 7.56. The lowest BCUT2D eigenvalue weighted by molar-refractivity contribution is -0.0586. The first kappa shape index (κ1) is 24.5. The van der Waals surface area contributed by atoms with Gasteiger partial charge in [-0.25, -0.2) is 4.79 Å². The molecule has 178 valence electrons. The maximum Gasteiger partial charge on any atom is 0.315 e. The highest BCUT2D eigenvalue weighted by Gasteiger charge is 2.27. The van der Waals surface area contributed by atoms with Gasteiger partial charge in [-0.2, -0.15) is 0 Å². The fourth-order valence-electron chi connectivity index (χ4n) is 4.43. The third-order valence-corrected chi connectivity index (χ3v) is 6.12. The molecule has 3 amide bonds. The average Bonchev–Trinajstić information content (AvgIpc) is 2.77. The quantitative estimate of drug-likeness (QED) is 0.670. The van der Waals surface area contributed by atoms with Gasteiger partial charge >= 0.3 is 6.03 Å². The summed E-state index contributed by atoms with van der Waals surface area (Å²) in [5.41, 5.74) is 1.61. The van der Waals surface area contributed by atoms with Crippen molar-refractivity contribution in [2.45, 2.75) is 52.5 Å². The maximum atomic E-state index is 12.8. The monoisotopic (exact) mass is 446 g/mol. The van der Waals surface area contributed by atoms with Crippen LogP contribution in [0, 0.1) is 5.92 Å². The minimum absolute atomic E-state index is 0.0205. The summed E-state index contributed by atoms with van der Waals surface area (Å²) in [7, 11) is 0. The lowest BCUT2D eigenvalue weighted by Gasteiger charge is -2.36. The Morgan fingerprint density at radius 2 is 1.66 bits per heavy atom. The molecule has 2 aliphatic rings. The number of morpholine rings is 2. The van der Waals surface area contributed by atoms with Crippen molar-refractivity contribution in [3.05, 3.63) is 35.4 Å². The molecule has 2 heterocycles. The SMILES string of the molecule is CC1CN(C(=O)c2ccc(CNC(=O)NCC(C(C)C)N3CCOCC3)cc2)CC(C)O1. The predicted molar refractivity (Wildman–Crippen MR) is 124 cm³/mol. The Morgan fingerprint density at radius 1 is 1.03 bits per heavy atom. The highest BCUT2D eigenvalue weighted by molar-refractivity contribution is 5.94. The molecule has 32 heavy (non-hydrogen) atoms. The van der Waals surface area contributed by atoms with Crippen LogP contribution in [0.4, 0.5) is 4.79 Å². The average molecular weight is 447 g/mol. The maximum absolute atomic E-state index is 12.8. The number of urea groups is 1. The van der Waals surface area contributed by atoms with Gasteiger partial charge in [-0.3, -0.25) is 9.69 Å². The lowest BCUT2D eigenvalue weighted by atomic mass is 10.0. The Kier molecular flexibility index (Phi) is 8.90. The van der Waals surface area contributed by atoms with Crippen LogP contribution in [0.1, 0.15) is 43.6 Å². The van der Waals surface area contributed by atoms with Crippen LogP contribution in [0.2, 0.25) is 0 Å². The van der Waals surface area contributed by atoms with Crippen LogP contribution in [0.25, 0.3) is 0 Å². The third-order valence-electron chi connectivity index (χ3n) is 6.12. The normalized spacial score (nSPS) is 23.1. The number of carbonyl (C=O) groups is 2. The van der Waals surface area contributed by atoms with Gasteiger partial charge in [0.05, 0.1) is 25.4 Å². The van der Waals surface area contributed by atoms with Crippen LogP contribution in [0.5, 0.6) is 0 Å². The van der Waals surface area contributed by atoms with Crippen LogP contribution >= 0.6 is 0 Å². The lowest BCUT2D eigenvalue weighted by Crippen LogP contribution is -2.52. The molecule has 2 N–H and O–H groups in total. The molecule has 2 aliphatic heterocycles. The van der Waals surface area contributed by atoms with Crippen molar-refractivity contribution < 1.29 is 19.1 Å². The first-order chi connectivity index (χ1) is 15.3. The molecular weight excluding hydrogens is 408 g/mol. The van der Waals surface area contributed by atoms with Gasteiger partial charge in [-0.1, -0.05) is 26.0 Å². The van der Waals surface area contributed by atoms with Crippen molar-refractivity contribution in [1.82, 2.24) is 20.4 Å². The fraction of sp³-hybridized carbons (Fsp3) is 0.667. The standard InChI is InChI=1S/C24H38N4O4/c1-17(2)22(27-9-11-31-12-10-27)14-26-24(30)25-13-20-5-7-21(8-6-20)23(29)28-15-18(3)32-19(4)16-28/h5-8,17-19,22H,9-16H2,1-4H3,(H2,25,26,30). The minimum Gasteiger partial charge on any atom is -0.379 e. The number of carbonyl (C=O) groups excluding carboxylic acids is 2. The Bertz CT molecular complexity index is 739. The van der Waals surface area contributed by atoms with Gasteiger partial charge in [0.1, 0.15) is 0 Å². The van der Waals surface area contributed by atoms with E-state index in [-0.39, 0.29) is 24.1 Å². The number of hydrogen-bond acceptors (Lipinski definition) is 5. The van der Waals surface area contributed by atoms with E-state index in [0.29, 0.717) is 43.7 Å². The number of rotatable bonds is 7. The van der Waals surface area contributed by atoms with E-state index in [1.807, 2.05) is 43.0 Å². The van der Waals surface area contributed by atoms with Gasteiger partial charge < -0.3 is 25.0 Å². The molecule has 3 atom stereocenters. The molecule has 0 saturated carbocycles. The summed E-state index contributed by atoms with van der Waals surface area (Å²) >= 11 is 0. The van der Waals surface area contributed by atoms with E-state index >= 15 is 0 Å². The number of benzene rings is 1. The summed E-state index contributed by atoms with van der Waals surface area (Å²) in [5, 5.41) is 5.92. The van der Waals surface area contributed by atoms with E-state index in [4.69, 9.17) is 9.47 Å². The minimum atomic E-state index is -0.180. The molecule has 2 saturated heterocycles. The van der Waals surface area contributed by atoms with Gasteiger partial charge in [0.2, 0.25) is 0 Å². The molecule has 0 bridgehead atoms. The fourth-order valence-corrected chi connectivity index (χ4v) is 4.43. The van der Waals surface area contributed by atoms with Crippen molar-refractivity contribution in [3.8, 4) is 0 Å². The van der Waals surface area contributed by atoms with Gasteiger partial charge in [-0.15, -0.1) is 0 Å². The molecule has 8 nitrogen and oxygen atoms in total. The molecule has 1 aromatic carbocycles. The third kappa shape index (κ3) is 6.92. The first-order valence-electron chi connectivity index (χ1n) is 11.7. The van der Waals surface area contributed by atoms with Crippen LogP contribution < -0.4 is 10.6 Å². The molecule has 1 aromatic rings. The second kappa shape index (κ2) is 11.6. The zero-order valence-electron chi connectivity index (χ0n) is 19.8. The summed E-state index contributed by atoms with van der Waals surface area (Å²) in [5.74, 6) is 0.461. The van der Waals surface area contributed by atoms with E-state index in [1.54, 1.807) is 0 Å². The van der Waals surface area contributed by atoms with Crippen molar-refractivity contribution in [1.29, 1.82) is 0 Å². The van der Waals surface area contributed by atoms with Crippen LogP contribution in [0.3, 0.4) is 0 Å².